The largest absolute Gasteiger partial charge is 0.445 e. The number of alkyl carbamates (subject to hydrolysis) is 1. The summed E-state index contributed by atoms with van der Waals surface area (Å²) >= 11 is 0. The zero-order valence-corrected chi connectivity index (χ0v) is 13.2. The number of benzene rings is 2. The first-order valence-corrected chi connectivity index (χ1v) is 7.59. The Morgan fingerprint density at radius 2 is 1.88 bits per heavy atom. The van der Waals surface area contributed by atoms with E-state index in [1.165, 1.54) is 6.07 Å². The van der Waals surface area contributed by atoms with E-state index >= 15 is 0 Å². The molecule has 0 spiro atoms. The third-order valence-corrected chi connectivity index (χ3v) is 3.26. The predicted molar refractivity (Wildman–Crippen MR) is 86.6 cm³/mol. The number of rotatable bonds is 8. The molecule has 0 aromatic heterocycles. The molecule has 2 aromatic carbocycles. The summed E-state index contributed by atoms with van der Waals surface area (Å²) in [7, 11) is 0. The van der Waals surface area contributed by atoms with E-state index in [0.29, 0.717) is 11.1 Å². The molecule has 0 saturated heterocycles. The molecule has 0 aliphatic carbocycles. The molecule has 0 aliphatic heterocycles. The molecule has 0 bridgehead atoms. The summed E-state index contributed by atoms with van der Waals surface area (Å²) in [6, 6.07) is 14.0. The average Bonchev–Trinajstić information content (AvgIpc) is 2.61. The van der Waals surface area contributed by atoms with E-state index in [2.05, 4.69) is 5.32 Å². The Bertz CT molecular complexity index is 649. The van der Waals surface area contributed by atoms with E-state index in [1.807, 2.05) is 30.3 Å². The molecule has 0 saturated carbocycles. The number of hydrogen-bond donors (Lipinski definition) is 2. The van der Waals surface area contributed by atoms with Gasteiger partial charge in [-0.1, -0.05) is 42.5 Å². The molecule has 1 amide bonds. The van der Waals surface area contributed by atoms with Crippen LogP contribution in [-0.2, 0) is 29.2 Å². The molecule has 6 heteroatoms. The molecule has 0 heterocycles. The topological polar surface area (TPSA) is 67.8 Å². The maximum absolute atomic E-state index is 13.9. The number of carbonyl (C=O) groups excluding carboxylic acids is 1. The van der Waals surface area contributed by atoms with Gasteiger partial charge in [-0.15, -0.1) is 0 Å². The van der Waals surface area contributed by atoms with Gasteiger partial charge in [0.1, 0.15) is 12.4 Å². The minimum Gasteiger partial charge on any atom is -0.445 e. The lowest BCUT2D eigenvalue weighted by Gasteiger charge is -2.09. The highest BCUT2D eigenvalue weighted by Gasteiger charge is 2.06. The number of aliphatic hydroxyl groups is 1. The molecule has 0 fully saturated rings. The van der Waals surface area contributed by atoms with E-state index < -0.39 is 11.9 Å². The summed E-state index contributed by atoms with van der Waals surface area (Å²) in [5.41, 5.74) is 1.92. The standard InChI is InChI=1S/C18H20FNO4/c19-17-10-15(6-7-16(17)13-23-9-8-21)11-20-18(22)24-12-14-4-2-1-3-5-14/h1-7,10,21H,8-9,11-13H2,(H,20,22). The van der Waals surface area contributed by atoms with Crippen LogP contribution in [-0.4, -0.2) is 24.4 Å². The fourth-order valence-electron chi connectivity index (χ4n) is 2.01. The van der Waals surface area contributed by atoms with E-state index in [9.17, 15) is 9.18 Å². The zero-order chi connectivity index (χ0) is 17.2. The number of amides is 1. The Balaban J connectivity index is 1.77. The van der Waals surface area contributed by atoms with Crippen molar-refractivity contribution in [3.63, 3.8) is 0 Å². The van der Waals surface area contributed by atoms with Crippen LogP contribution in [0.3, 0.4) is 0 Å². The van der Waals surface area contributed by atoms with Gasteiger partial charge < -0.3 is 19.9 Å². The SMILES string of the molecule is O=C(NCc1ccc(COCCO)c(F)c1)OCc1ccccc1. The van der Waals surface area contributed by atoms with Crippen molar-refractivity contribution in [3.05, 3.63) is 71.0 Å². The van der Waals surface area contributed by atoms with Gasteiger partial charge in [0.05, 0.1) is 19.8 Å². The highest BCUT2D eigenvalue weighted by atomic mass is 19.1. The van der Waals surface area contributed by atoms with Crippen LogP contribution in [0.25, 0.3) is 0 Å². The summed E-state index contributed by atoms with van der Waals surface area (Å²) in [5, 5.41) is 11.2. The highest BCUT2D eigenvalue weighted by Crippen LogP contribution is 2.12. The number of ether oxygens (including phenoxy) is 2. The van der Waals surface area contributed by atoms with E-state index in [4.69, 9.17) is 14.6 Å². The molecular weight excluding hydrogens is 313 g/mol. The maximum Gasteiger partial charge on any atom is 0.407 e. The van der Waals surface area contributed by atoms with E-state index in [-0.39, 0.29) is 33.0 Å². The number of hydrogen-bond acceptors (Lipinski definition) is 4. The summed E-state index contributed by atoms with van der Waals surface area (Å²) < 4.78 is 24.0. The lowest BCUT2D eigenvalue weighted by atomic mass is 10.1. The van der Waals surface area contributed by atoms with Gasteiger partial charge in [-0.05, 0) is 17.2 Å². The van der Waals surface area contributed by atoms with Crippen LogP contribution < -0.4 is 5.32 Å². The maximum atomic E-state index is 13.9. The first-order valence-electron chi connectivity index (χ1n) is 7.59. The molecule has 128 valence electrons. The van der Waals surface area contributed by atoms with Gasteiger partial charge in [0.15, 0.2) is 0 Å². The van der Waals surface area contributed by atoms with Crippen molar-refractivity contribution < 1.29 is 23.8 Å². The second-order valence-corrected chi connectivity index (χ2v) is 5.12. The van der Waals surface area contributed by atoms with Gasteiger partial charge in [0.25, 0.3) is 0 Å². The van der Waals surface area contributed by atoms with Crippen molar-refractivity contribution in [2.45, 2.75) is 19.8 Å². The van der Waals surface area contributed by atoms with Crippen molar-refractivity contribution >= 4 is 6.09 Å². The predicted octanol–water partition coefficient (Wildman–Crippen LogP) is 2.76. The Labute approximate surface area is 140 Å². The van der Waals surface area contributed by atoms with Crippen LogP contribution in [0.4, 0.5) is 9.18 Å². The fraction of sp³-hybridized carbons (Fsp3) is 0.278. The number of carbonyl (C=O) groups is 1. The molecule has 2 N–H and O–H groups in total. The molecule has 5 nitrogen and oxygen atoms in total. The van der Waals surface area contributed by atoms with Gasteiger partial charge in [-0.25, -0.2) is 9.18 Å². The Morgan fingerprint density at radius 1 is 1.08 bits per heavy atom. The molecule has 0 radical (unpaired) electrons. The first-order chi connectivity index (χ1) is 11.7. The van der Waals surface area contributed by atoms with Crippen molar-refractivity contribution in [2.75, 3.05) is 13.2 Å². The van der Waals surface area contributed by atoms with Gasteiger partial charge in [0.2, 0.25) is 0 Å². The minimum absolute atomic E-state index is 0.0964. The summed E-state index contributed by atoms with van der Waals surface area (Å²) in [4.78, 5) is 11.6. The molecule has 2 aromatic rings. The lowest BCUT2D eigenvalue weighted by Crippen LogP contribution is -2.23. The van der Waals surface area contributed by atoms with Crippen molar-refractivity contribution in [2.24, 2.45) is 0 Å². The molecule has 0 aliphatic rings. The van der Waals surface area contributed by atoms with Crippen molar-refractivity contribution in [1.82, 2.24) is 5.32 Å². The molecule has 0 atom stereocenters. The van der Waals surface area contributed by atoms with Gasteiger partial charge in [0, 0.05) is 12.1 Å². The smallest absolute Gasteiger partial charge is 0.407 e. The number of halogens is 1. The summed E-state index contributed by atoms with van der Waals surface area (Å²) in [6.45, 7) is 0.508. The van der Waals surface area contributed by atoms with Crippen LogP contribution >= 0.6 is 0 Å². The summed E-state index contributed by atoms with van der Waals surface area (Å²) in [6.07, 6.45) is -0.561. The van der Waals surface area contributed by atoms with E-state index in [0.717, 1.165) is 5.56 Å². The van der Waals surface area contributed by atoms with Crippen LogP contribution in [0, 0.1) is 5.82 Å². The third kappa shape index (κ3) is 5.98. The second-order valence-electron chi connectivity index (χ2n) is 5.12. The van der Waals surface area contributed by atoms with Crippen LogP contribution in [0.2, 0.25) is 0 Å². The molecular formula is C18H20FNO4. The van der Waals surface area contributed by atoms with Crippen LogP contribution in [0.5, 0.6) is 0 Å². The minimum atomic E-state index is -0.561. The Morgan fingerprint density at radius 3 is 2.58 bits per heavy atom. The normalized spacial score (nSPS) is 10.4. The van der Waals surface area contributed by atoms with Gasteiger partial charge in [-0.2, -0.15) is 0 Å². The fourth-order valence-corrected chi connectivity index (χ4v) is 2.01. The zero-order valence-electron chi connectivity index (χ0n) is 13.2. The molecule has 24 heavy (non-hydrogen) atoms. The van der Waals surface area contributed by atoms with E-state index in [1.54, 1.807) is 12.1 Å². The Hall–Kier alpha value is -2.44. The number of nitrogens with one attached hydrogen (secondary N) is 1. The quantitative estimate of drug-likeness (QED) is 0.729. The molecule has 2 rings (SSSR count). The monoisotopic (exact) mass is 333 g/mol. The van der Waals surface area contributed by atoms with Gasteiger partial charge >= 0.3 is 6.09 Å². The van der Waals surface area contributed by atoms with Crippen molar-refractivity contribution in [1.29, 1.82) is 0 Å². The molecule has 0 unspecified atom stereocenters. The first kappa shape index (κ1) is 17.9. The average molecular weight is 333 g/mol. The highest BCUT2D eigenvalue weighted by molar-refractivity contribution is 5.67. The van der Waals surface area contributed by atoms with Crippen LogP contribution in [0.15, 0.2) is 48.5 Å². The lowest BCUT2D eigenvalue weighted by molar-refractivity contribution is 0.0799. The van der Waals surface area contributed by atoms with Crippen LogP contribution in [0.1, 0.15) is 16.7 Å². The second kappa shape index (κ2) is 9.64. The van der Waals surface area contributed by atoms with Gasteiger partial charge in [-0.3, -0.25) is 0 Å². The van der Waals surface area contributed by atoms with Crippen molar-refractivity contribution in [3.8, 4) is 0 Å². The third-order valence-electron chi connectivity index (χ3n) is 3.26. The summed E-state index contributed by atoms with van der Waals surface area (Å²) in [5.74, 6) is -0.412. The number of aliphatic hydroxyl groups excluding tert-OH is 1. The Kier molecular flexibility index (Phi) is 7.20.